The number of hydrogen-bond donors (Lipinski definition) is 0. The molecule has 0 aliphatic carbocycles. The molecule has 0 heterocycles. The summed E-state index contributed by atoms with van der Waals surface area (Å²) in [4.78, 5) is 12.0. The minimum atomic E-state index is 0.0172. The molecule has 0 aliphatic rings. The predicted octanol–water partition coefficient (Wildman–Crippen LogP) is 7.55. The largest absolute Gasteiger partial charge is 0.465 e. The average molecular weight is 355 g/mol. The topological polar surface area (TPSA) is 26.3 Å². The maximum absolute atomic E-state index is 12.0. The average Bonchev–Trinajstić information content (AvgIpc) is 2.58. The Hall–Kier alpha value is -0.530. The molecule has 0 rings (SSSR count). The summed E-state index contributed by atoms with van der Waals surface area (Å²) < 4.78 is 5.59. The zero-order valence-corrected chi connectivity index (χ0v) is 17.9. The quantitative estimate of drug-likeness (QED) is 0.199. The van der Waals surface area contributed by atoms with Gasteiger partial charge in [-0.2, -0.15) is 0 Å². The second-order valence-corrected chi connectivity index (χ2v) is 8.41. The van der Waals surface area contributed by atoms with Crippen molar-refractivity contribution in [3.8, 4) is 0 Å². The van der Waals surface area contributed by atoms with Crippen LogP contribution in [0.1, 0.15) is 118 Å². The minimum Gasteiger partial charge on any atom is -0.465 e. The number of esters is 1. The number of carbonyl (C=O) groups is 1. The molecule has 0 aromatic carbocycles. The van der Waals surface area contributed by atoms with E-state index in [1.165, 1.54) is 70.6 Å². The van der Waals surface area contributed by atoms with E-state index in [2.05, 4.69) is 34.6 Å². The van der Waals surface area contributed by atoms with Gasteiger partial charge in [-0.3, -0.25) is 4.79 Å². The maximum Gasteiger partial charge on any atom is 0.305 e. The van der Waals surface area contributed by atoms with Crippen LogP contribution in [0.25, 0.3) is 0 Å². The van der Waals surface area contributed by atoms with Crippen molar-refractivity contribution in [2.24, 2.45) is 17.8 Å². The fourth-order valence-corrected chi connectivity index (χ4v) is 3.47. The molecule has 0 saturated heterocycles. The highest BCUT2D eigenvalue weighted by atomic mass is 16.5. The van der Waals surface area contributed by atoms with E-state index in [0.29, 0.717) is 24.9 Å². The van der Waals surface area contributed by atoms with E-state index in [1.807, 2.05) is 0 Å². The molecular weight excluding hydrogens is 308 g/mol. The normalized spacial score (nSPS) is 13.8. The highest BCUT2D eigenvalue weighted by molar-refractivity contribution is 5.69. The Morgan fingerprint density at radius 3 is 2.00 bits per heavy atom. The summed E-state index contributed by atoms with van der Waals surface area (Å²) in [5, 5.41) is 0. The summed E-state index contributed by atoms with van der Waals surface area (Å²) in [5.74, 6) is 2.06. The smallest absolute Gasteiger partial charge is 0.305 e. The van der Waals surface area contributed by atoms with Crippen molar-refractivity contribution in [3.63, 3.8) is 0 Å². The second-order valence-electron chi connectivity index (χ2n) is 8.41. The zero-order chi connectivity index (χ0) is 18.9. The van der Waals surface area contributed by atoms with Crippen LogP contribution in [0.3, 0.4) is 0 Å². The van der Waals surface area contributed by atoms with Crippen molar-refractivity contribution in [1.29, 1.82) is 0 Å². The lowest BCUT2D eigenvalue weighted by Gasteiger charge is -2.23. The highest BCUT2D eigenvalue weighted by Crippen LogP contribution is 2.23. The molecule has 0 spiro atoms. The van der Waals surface area contributed by atoms with Crippen LogP contribution in [-0.4, -0.2) is 12.6 Å². The lowest BCUT2D eigenvalue weighted by atomic mass is 9.87. The first-order valence-corrected chi connectivity index (χ1v) is 11.2. The summed E-state index contributed by atoms with van der Waals surface area (Å²) in [6, 6.07) is 0. The van der Waals surface area contributed by atoms with Crippen molar-refractivity contribution in [2.45, 2.75) is 118 Å². The molecule has 0 aromatic heterocycles. The molecule has 0 aliphatic heterocycles. The summed E-state index contributed by atoms with van der Waals surface area (Å²) in [5.41, 5.74) is 0. The summed E-state index contributed by atoms with van der Waals surface area (Å²) in [6.45, 7) is 12.0. The van der Waals surface area contributed by atoms with Crippen LogP contribution in [0.2, 0.25) is 0 Å². The molecule has 2 atom stereocenters. The van der Waals surface area contributed by atoms with E-state index in [4.69, 9.17) is 4.74 Å². The lowest BCUT2D eigenvalue weighted by molar-refractivity contribution is -0.145. The third-order valence-electron chi connectivity index (χ3n) is 5.35. The van der Waals surface area contributed by atoms with Gasteiger partial charge < -0.3 is 4.74 Å². The van der Waals surface area contributed by atoms with E-state index in [-0.39, 0.29) is 5.97 Å². The van der Waals surface area contributed by atoms with E-state index in [0.717, 1.165) is 12.3 Å². The second kappa shape index (κ2) is 16.9. The van der Waals surface area contributed by atoms with Crippen LogP contribution in [0, 0.1) is 17.8 Å². The molecule has 0 amide bonds. The van der Waals surface area contributed by atoms with Crippen LogP contribution in [0.4, 0.5) is 0 Å². The fraction of sp³-hybridized carbons (Fsp3) is 0.957. The maximum atomic E-state index is 12.0. The van der Waals surface area contributed by atoms with Crippen LogP contribution in [0.15, 0.2) is 0 Å². The Morgan fingerprint density at radius 1 is 0.760 bits per heavy atom. The molecule has 0 N–H and O–H groups in total. The molecule has 2 unspecified atom stereocenters. The Balaban J connectivity index is 3.71. The number of hydrogen-bond acceptors (Lipinski definition) is 2. The van der Waals surface area contributed by atoms with Gasteiger partial charge in [0.1, 0.15) is 0 Å². The standard InChI is InChI=1S/C23H46O2/c1-6-8-17-21(5)22(15-7-2)19-25-23(24)18-14-12-10-9-11-13-16-20(3)4/h20-22H,6-19H2,1-5H3. The van der Waals surface area contributed by atoms with Crippen molar-refractivity contribution in [2.75, 3.05) is 6.61 Å². The Bertz CT molecular complexity index is 298. The molecule has 2 heteroatoms. The molecule has 0 bridgehead atoms. The van der Waals surface area contributed by atoms with Crippen LogP contribution >= 0.6 is 0 Å². The first-order chi connectivity index (χ1) is 12.0. The van der Waals surface area contributed by atoms with Crippen molar-refractivity contribution < 1.29 is 9.53 Å². The molecule has 150 valence electrons. The summed E-state index contributed by atoms with van der Waals surface area (Å²) in [7, 11) is 0. The highest BCUT2D eigenvalue weighted by Gasteiger charge is 2.18. The van der Waals surface area contributed by atoms with Gasteiger partial charge in [-0.15, -0.1) is 0 Å². The third kappa shape index (κ3) is 15.4. The van der Waals surface area contributed by atoms with Gasteiger partial charge in [0.15, 0.2) is 0 Å². The van der Waals surface area contributed by atoms with Crippen LogP contribution < -0.4 is 0 Å². The van der Waals surface area contributed by atoms with Crippen molar-refractivity contribution in [3.05, 3.63) is 0 Å². The predicted molar refractivity (Wildman–Crippen MR) is 110 cm³/mol. The van der Waals surface area contributed by atoms with E-state index in [1.54, 1.807) is 0 Å². The van der Waals surface area contributed by atoms with Gasteiger partial charge in [-0.25, -0.2) is 0 Å². The fourth-order valence-electron chi connectivity index (χ4n) is 3.47. The first kappa shape index (κ1) is 24.5. The molecule has 0 fully saturated rings. The van der Waals surface area contributed by atoms with Crippen molar-refractivity contribution >= 4 is 5.97 Å². The summed E-state index contributed by atoms with van der Waals surface area (Å²) >= 11 is 0. The molecule has 25 heavy (non-hydrogen) atoms. The van der Waals surface area contributed by atoms with Crippen LogP contribution in [0.5, 0.6) is 0 Å². The molecule has 0 radical (unpaired) electrons. The van der Waals surface area contributed by atoms with E-state index in [9.17, 15) is 4.79 Å². The molecule has 2 nitrogen and oxygen atoms in total. The third-order valence-corrected chi connectivity index (χ3v) is 5.35. The lowest BCUT2D eigenvalue weighted by Crippen LogP contribution is -2.20. The molecule has 0 aromatic rings. The number of rotatable bonds is 17. The zero-order valence-electron chi connectivity index (χ0n) is 17.9. The number of carbonyl (C=O) groups excluding carboxylic acids is 1. The van der Waals surface area contributed by atoms with Gasteiger partial charge in [0.2, 0.25) is 0 Å². The monoisotopic (exact) mass is 354 g/mol. The van der Waals surface area contributed by atoms with Gasteiger partial charge in [-0.1, -0.05) is 98.8 Å². The minimum absolute atomic E-state index is 0.0172. The van der Waals surface area contributed by atoms with Gasteiger partial charge >= 0.3 is 5.97 Å². The van der Waals surface area contributed by atoms with Gasteiger partial charge in [0, 0.05) is 6.42 Å². The Kier molecular flexibility index (Phi) is 16.6. The van der Waals surface area contributed by atoms with Gasteiger partial charge in [-0.05, 0) is 30.6 Å². The van der Waals surface area contributed by atoms with E-state index >= 15 is 0 Å². The number of unbranched alkanes of at least 4 members (excludes halogenated alkanes) is 6. The van der Waals surface area contributed by atoms with E-state index < -0.39 is 0 Å². The first-order valence-electron chi connectivity index (χ1n) is 11.2. The Labute approximate surface area is 158 Å². The van der Waals surface area contributed by atoms with Crippen molar-refractivity contribution in [1.82, 2.24) is 0 Å². The Morgan fingerprint density at radius 2 is 1.40 bits per heavy atom. The molecule has 0 saturated carbocycles. The van der Waals surface area contributed by atoms with Gasteiger partial charge in [0.05, 0.1) is 6.61 Å². The van der Waals surface area contributed by atoms with Crippen LogP contribution in [-0.2, 0) is 9.53 Å². The number of ether oxygens (including phenoxy) is 1. The summed E-state index contributed by atoms with van der Waals surface area (Å²) in [6.07, 6.45) is 15.5. The SMILES string of the molecule is CCCCC(C)C(CCC)COC(=O)CCCCCCCCC(C)C. The van der Waals surface area contributed by atoms with Gasteiger partial charge in [0.25, 0.3) is 0 Å². The molecular formula is C23H46O2.